The maximum Gasteiger partial charge on any atom is 0.171 e. The molecule has 0 fully saturated rings. The van der Waals surface area contributed by atoms with Crippen molar-refractivity contribution in [2.24, 2.45) is 0 Å². The van der Waals surface area contributed by atoms with Crippen molar-refractivity contribution in [3.05, 3.63) is 60.2 Å². The minimum atomic E-state index is 0.157. The van der Waals surface area contributed by atoms with Gasteiger partial charge in [0.15, 0.2) is 5.11 Å². The third-order valence-corrected chi connectivity index (χ3v) is 3.35. The number of rotatable bonds is 5. The summed E-state index contributed by atoms with van der Waals surface area (Å²) in [7, 11) is 0. The Morgan fingerprint density at radius 2 is 1.59 bits per heavy atom. The van der Waals surface area contributed by atoms with Crippen LogP contribution in [0.3, 0.4) is 0 Å². The Morgan fingerprint density at radius 1 is 0.955 bits per heavy atom. The van der Waals surface area contributed by atoms with E-state index in [1.807, 2.05) is 56.3 Å². The molecule has 2 rings (SSSR count). The smallest absolute Gasteiger partial charge is 0.171 e. The average Bonchev–Trinajstić information content (AvgIpc) is 2.49. The van der Waals surface area contributed by atoms with Gasteiger partial charge in [-0.25, -0.2) is 0 Å². The van der Waals surface area contributed by atoms with Crippen molar-refractivity contribution in [1.82, 2.24) is 5.32 Å². The average molecular weight is 314 g/mol. The Labute approximate surface area is 137 Å². The highest BCUT2D eigenvalue weighted by atomic mass is 32.1. The van der Waals surface area contributed by atoms with Crippen LogP contribution < -0.4 is 15.4 Å². The maximum atomic E-state index is 5.62. The van der Waals surface area contributed by atoms with Gasteiger partial charge < -0.3 is 15.4 Å². The standard InChI is InChI=1S/C18H22N2OS/c1-13(2)21-17-11-9-16(10-12-17)20-18(22)19-14(3)15-7-5-4-6-8-15/h4-14H,1-3H3,(H2,19,20,22). The second-order valence-corrected chi connectivity index (χ2v) is 5.83. The molecule has 0 aromatic heterocycles. The zero-order valence-electron chi connectivity index (χ0n) is 13.2. The predicted octanol–water partition coefficient (Wildman–Crippen LogP) is 4.52. The van der Waals surface area contributed by atoms with Gasteiger partial charge in [-0.3, -0.25) is 0 Å². The highest BCUT2D eigenvalue weighted by molar-refractivity contribution is 7.80. The molecule has 0 aliphatic heterocycles. The summed E-state index contributed by atoms with van der Waals surface area (Å²) in [5, 5.41) is 7.07. The van der Waals surface area contributed by atoms with E-state index < -0.39 is 0 Å². The van der Waals surface area contributed by atoms with Crippen LogP contribution in [0.15, 0.2) is 54.6 Å². The molecule has 0 aliphatic rings. The Hall–Kier alpha value is -2.07. The number of thiocarbonyl (C=S) groups is 1. The number of hydrogen-bond donors (Lipinski definition) is 2. The van der Waals surface area contributed by atoms with Crippen molar-refractivity contribution < 1.29 is 4.74 Å². The van der Waals surface area contributed by atoms with Crippen molar-refractivity contribution >= 4 is 23.0 Å². The molecule has 0 saturated carbocycles. The monoisotopic (exact) mass is 314 g/mol. The summed E-state index contributed by atoms with van der Waals surface area (Å²) in [6, 6.07) is 18.2. The van der Waals surface area contributed by atoms with Crippen molar-refractivity contribution in [2.45, 2.75) is 32.9 Å². The molecule has 1 unspecified atom stereocenters. The topological polar surface area (TPSA) is 33.3 Å². The lowest BCUT2D eigenvalue weighted by atomic mass is 10.1. The summed E-state index contributed by atoms with van der Waals surface area (Å²) >= 11 is 5.36. The van der Waals surface area contributed by atoms with Crippen LogP contribution in [0.2, 0.25) is 0 Å². The van der Waals surface area contributed by atoms with Crippen molar-refractivity contribution in [2.75, 3.05) is 5.32 Å². The molecule has 0 amide bonds. The molecule has 0 bridgehead atoms. The third kappa shape index (κ3) is 5.04. The molecule has 116 valence electrons. The van der Waals surface area contributed by atoms with Gasteiger partial charge in [0.05, 0.1) is 12.1 Å². The molecule has 2 aromatic carbocycles. The fourth-order valence-corrected chi connectivity index (χ4v) is 2.37. The van der Waals surface area contributed by atoms with Crippen molar-refractivity contribution in [3.8, 4) is 5.75 Å². The summed E-state index contributed by atoms with van der Waals surface area (Å²) in [5.41, 5.74) is 2.14. The largest absolute Gasteiger partial charge is 0.491 e. The van der Waals surface area contributed by atoms with Gasteiger partial charge in [-0.15, -0.1) is 0 Å². The summed E-state index contributed by atoms with van der Waals surface area (Å²) in [6.45, 7) is 6.11. The van der Waals surface area contributed by atoms with Gasteiger partial charge in [0.1, 0.15) is 5.75 Å². The van der Waals surface area contributed by atoms with Crippen LogP contribution in [0.5, 0.6) is 5.75 Å². The second kappa shape index (κ2) is 7.80. The normalized spacial score (nSPS) is 11.8. The molecular formula is C18H22N2OS. The summed E-state index contributed by atoms with van der Waals surface area (Å²) < 4.78 is 5.62. The first-order chi connectivity index (χ1) is 10.5. The zero-order chi connectivity index (χ0) is 15.9. The van der Waals surface area contributed by atoms with E-state index in [9.17, 15) is 0 Å². The van der Waals surface area contributed by atoms with Crippen LogP contribution in [0.1, 0.15) is 32.4 Å². The molecule has 22 heavy (non-hydrogen) atoms. The SMILES string of the molecule is CC(C)Oc1ccc(NC(=S)NC(C)c2ccccc2)cc1. The molecule has 0 aliphatic carbocycles. The first kappa shape index (κ1) is 16.3. The van der Waals surface area contributed by atoms with E-state index in [4.69, 9.17) is 17.0 Å². The van der Waals surface area contributed by atoms with E-state index in [0.29, 0.717) is 5.11 Å². The zero-order valence-corrected chi connectivity index (χ0v) is 14.0. The van der Waals surface area contributed by atoms with Gasteiger partial charge in [-0.05, 0) is 62.8 Å². The van der Waals surface area contributed by atoms with Crippen LogP contribution in [0, 0.1) is 0 Å². The molecule has 1 atom stereocenters. The minimum absolute atomic E-state index is 0.157. The van der Waals surface area contributed by atoms with Gasteiger partial charge in [-0.1, -0.05) is 30.3 Å². The first-order valence-electron chi connectivity index (χ1n) is 7.44. The summed E-state index contributed by atoms with van der Waals surface area (Å²) in [4.78, 5) is 0. The van der Waals surface area contributed by atoms with E-state index in [1.54, 1.807) is 0 Å². The molecular weight excluding hydrogens is 292 g/mol. The molecule has 4 heteroatoms. The van der Waals surface area contributed by atoms with Gasteiger partial charge in [0, 0.05) is 5.69 Å². The van der Waals surface area contributed by atoms with Crippen LogP contribution in [0.25, 0.3) is 0 Å². The van der Waals surface area contributed by atoms with Crippen LogP contribution in [-0.2, 0) is 0 Å². The van der Waals surface area contributed by atoms with Crippen LogP contribution >= 0.6 is 12.2 Å². The Balaban J connectivity index is 1.89. The fraction of sp³-hybridized carbons (Fsp3) is 0.278. The Kier molecular flexibility index (Phi) is 5.78. The quantitative estimate of drug-likeness (QED) is 0.795. The summed E-state index contributed by atoms with van der Waals surface area (Å²) in [5.74, 6) is 0.858. The number of anilines is 1. The van der Waals surface area contributed by atoms with E-state index >= 15 is 0 Å². The number of ether oxygens (including phenoxy) is 1. The molecule has 0 spiro atoms. The van der Waals surface area contributed by atoms with E-state index in [2.05, 4.69) is 29.7 Å². The lowest BCUT2D eigenvalue weighted by Crippen LogP contribution is -2.30. The lowest BCUT2D eigenvalue weighted by Gasteiger charge is -2.17. The number of hydrogen-bond acceptors (Lipinski definition) is 2. The van der Waals surface area contributed by atoms with Gasteiger partial charge in [0.25, 0.3) is 0 Å². The van der Waals surface area contributed by atoms with E-state index in [-0.39, 0.29) is 12.1 Å². The van der Waals surface area contributed by atoms with E-state index in [1.165, 1.54) is 5.56 Å². The molecule has 2 N–H and O–H groups in total. The van der Waals surface area contributed by atoms with Gasteiger partial charge >= 0.3 is 0 Å². The maximum absolute atomic E-state index is 5.62. The molecule has 0 saturated heterocycles. The first-order valence-corrected chi connectivity index (χ1v) is 7.84. The van der Waals surface area contributed by atoms with Crippen molar-refractivity contribution in [3.63, 3.8) is 0 Å². The minimum Gasteiger partial charge on any atom is -0.491 e. The third-order valence-electron chi connectivity index (χ3n) is 3.13. The Bertz CT molecular complexity index is 596. The molecule has 2 aromatic rings. The number of benzene rings is 2. The molecule has 0 radical (unpaired) electrons. The van der Waals surface area contributed by atoms with Gasteiger partial charge in [0.2, 0.25) is 0 Å². The fourth-order valence-electron chi connectivity index (χ4n) is 2.08. The Morgan fingerprint density at radius 3 is 2.18 bits per heavy atom. The summed E-state index contributed by atoms with van der Waals surface area (Å²) in [6.07, 6.45) is 0.174. The predicted molar refractivity (Wildman–Crippen MR) is 96.4 cm³/mol. The van der Waals surface area contributed by atoms with Crippen molar-refractivity contribution in [1.29, 1.82) is 0 Å². The van der Waals surface area contributed by atoms with E-state index in [0.717, 1.165) is 11.4 Å². The van der Waals surface area contributed by atoms with Crippen LogP contribution in [0.4, 0.5) is 5.69 Å². The second-order valence-electron chi connectivity index (χ2n) is 5.42. The molecule has 0 heterocycles. The van der Waals surface area contributed by atoms with Crippen LogP contribution in [-0.4, -0.2) is 11.2 Å². The lowest BCUT2D eigenvalue weighted by molar-refractivity contribution is 0.242. The van der Waals surface area contributed by atoms with Gasteiger partial charge in [-0.2, -0.15) is 0 Å². The highest BCUT2D eigenvalue weighted by Gasteiger charge is 2.06. The highest BCUT2D eigenvalue weighted by Crippen LogP contribution is 2.17. The molecule has 3 nitrogen and oxygen atoms in total. The number of nitrogens with one attached hydrogen (secondary N) is 2.